The Hall–Kier alpha value is -2.32. The van der Waals surface area contributed by atoms with Gasteiger partial charge in [-0.25, -0.2) is 0 Å². The van der Waals surface area contributed by atoms with Crippen LogP contribution < -0.4 is 4.47 Å². The third-order valence-electron chi connectivity index (χ3n) is 4.49. The zero-order chi connectivity index (χ0) is 22.1. The summed E-state index contributed by atoms with van der Waals surface area (Å²) in [4.78, 5) is 0.861. The second kappa shape index (κ2) is 11.8. The normalized spacial score (nSPS) is 10.5. The van der Waals surface area contributed by atoms with Crippen molar-refractivity contribution in [2.24, 2.45) is 0 Å². The molecule has 0 atom stereocenters. The Morgan fingerprint density at radius 2 is 1.83 bits per heavy atom. The lowest BCUT2D eigenvalue weighted by Gasteiger charge is -2.18. The number of aromatic nitrogens is 1. The molecule has 3 rings (SSSR count). The lowest BCUT2D eigenvalue weighted by molar-refractivity contribution is 0.134. The van der Waals surface area contributed by atoms with Gasteiger partial charge in [-0.15, -0.1) is 0 Å². The van der Waals surface area contributed by atoms with Crippen LogP contribution in [0.2, 0.25) is 0 Å². The summed E-state index contributed by atoms with van der Waals surface area (Å²) in [6.07, 6.45) is 0. The molecular formula is C23H30N2O4S. The maximum absolute atomic E-state index is 10.5. The highest BCUT2D eigenvalue weighted by molar-refractivity contribution is 8.00. The second-order valence-corrected chi connectivity index (χ2v) is 7.30. The van der Waals surface area contributed by atoms with Crippen molar-refractivity contribution in [1.29, 1.82) is 0 Å². The van der Waals surface area contributed by atoms with Crippen LogP contribution in [0.3, 0.4) is 0 Å². The van der Waals surface area contributed by atoms with Gasteiger partial charge in [0.05, 0.1) is 13.2 Å². The van der Waals surface area contributed by atoms with E-state index in [0.29, 0.717) is 24.8 Å². The zero-order valence-corrected chi connectivity index (χ0v) is 19.0. The number of anilines is 1. The van der Waals surface area contributed by atoms with E-state index in [1.807, 2.05) is 70.2 Å². The van der Waals surface area contributed by atoms with E-state index in [0.717, 1.165) is 49.1 Å². The van der Waals surface area contributed by atoms with Gasteiger partial charge in [0.1, 0.15) is 5.76 Å². The van der Waals surface area contributed by atoms with Crippen molar-refractivity contribution in [3.05, 3.63) is 64.9 Å². The summed E-state index contributed by atoms with van der Waals surface area (Å²) in [6, 6.07) is 13.6. The summed E-state index contributed by atoms with van der Waals surface area (Å²) in [5.74, 6) is 1.05. The van der Waals surface area contributed by atoms with Crippen molar-refractivity contribution >= 4 is 17.8 Å². The molecule has 0 bridgehead atoms. The molecule has 2 aromatic carbocycles. The third kappa shape index (κ3) is 5.64. The van der Waals surface area contributed by atoms with Crippen molar-refractivity contribution in [1.82, 2.24) is 5.16 Å². The second-order valence-electron chi connectivity index (χ2n) is 6.33. The number of aryl methyl sites for hydroxylation is 1. The Labute approximate surface area is 182 Å². The summed E-state index contributed by atoms with van der Waals surface area (Å²) in [5, 5.41) is 24.0. The van der Waals surface area contributed by atoms with Gasteiger partial charge < -0.3 is 14.4 Å². The molecule has 0 amide bonds. The lowest BCUT2D eigenvalue weighted by Crippen LogP contribution is -2.09. The first-order valence-electron chi connectivity index (χ1n) is 10.0. The molecule has 7 heteroatoms. The van der Waals surface area contributed by atoms with Crippen LogP contribution in [0.25, 0.3) is 11.1 Å². The number of hydrogen-bond donors (Lipinski definition) is 2. The van der Waals surface area contributed by atoms with E-state index in [2.05, 4.69) is 5.16 Å². The van der Waals surface area contributed by atoms with E-state index >= 15 is 0 Å². The summed E-state index contributed by atoms with van der Waals surface area (Å²) >= 11 is 1.16. The van der Waals surface area contributed by atoms with E-state index in [9.17, 15) is 10.3 Å². The maximum Gasteiger partial charge on any atom is 0.210 e. The minimum Gasteiger partial charge on any atom is -0.392 e. The van der Waals surface area contributed by atoms with E-state index < -0.39 is 0 Å². The molecule has 3 aromatic rings. The highest BCUT2D eigenvalue weighted by Crippen LogP contribution is 2.37. The standard InChI is InChI=1S/C21H24N2O4S.C2H6/c1-4-26-13-17-11-16(12-24)9-10-18(17)19-7-5-6-8-20(19)28-23(25)21-14(2)15(3)27-22-21;1-2/h5-11,24-25H,4,12-13H2,1-3H3;1-2H3. The monoisotopic (exact) mass is 430 g/mol. The van der Waals surface area contributed by atoms with Gasteiger partial charge in [-0.3, -0.25) is 5.21 Å². The lowest BCUT2D eigenvalue weighted by atomic mass is 9.98. The summed E-state index contributed by atoms with van der Waals surface area (Å²) in [6.45, 7) is 10.6. The fourth-order valence-electron chi connectivity index (χ4n) is 2.83. The first kappa shape index (κ1) is 24.0. The number of nitrogens with zero attached hydrogens (tertiary/aromatic N) is 2. The minimum absolute atomic E-state index is 0.0228. The fraction of sp³-hybridized carbons (Fsp3) is 0.348. The maximum atomic E-state index is 10.5. The molecule has 1 heterocycles. The topological polar surface area (TPSA) is 79.0 Å². The van der Waals surface area contributed by atoms with Gasteiger partial charge in [0.2, 0.25) is 5.82 Å². The first-order valence-corrected chi connectivity index (χ1v) is 10.8. The molecule has 162 valence electrons. The predicted molar refractivity (Wildman–Crippen MR) is 121 cm³/mol. The van der Waals surface area contributed by atoms with Gasteiger partial charge in [-0.1, -0.05) is 55.4 Å². The Bertz CT molecular complexity index is 943. The number of benzene rings is 2. The highest BCUT2D eigenvalue weighted by Gasteiger charge is 2.18. The smallest absolute Gasteiger partial charge is 0.210 e. The van der Waals surface area contributed by atoms with Gasteiger partial charge in [-0.2, -0.15) is 4.47 Å². The number of ether oxygens (including phenoxy) is 1. The molecular weight excluding hydrogens is 400 g/mol. The molecule has 0 saturated heterocycles. The molecule has 30 heavy (non-hydrogen) atoms. The average Bonchev–Trinajstić information content (AvgIpc) is 3.12. The Balaban J connectivity index is 0.00000155. The van der Waals surface area contributed by atoms with Crippen molar-refractivity contribution in [2.75, 3.05) is 11.1 Å². The van der Waals surface area contributed by atoms with Crippen molar-refractivity contribution < 1.29 is 19.6 Å². The molecule has 0 unspecified atom stereocenters. The largest absolute Gasteiger partial charge is 0.392 e. The number of aliphatic hydroxyl groups is 1. The van der Waals surface area contributed by atoms with Crippen LogP contribution >= 0.6 is 11.9 Å². The highest BCUT2D eigenvalue weighted by atomic mass is 32.2. The molecule has 0 aliphatic carbocycles. The van der Waals surface area contributed by atoms with E-state index in [-0.39, 0.29) is 6.61 Å². The van der Waals surface area contributed by atoms with Gasteiger partial charge in [0.25, 0.3) is 0 Å². The van der Waals surface area contributed by atoms with Crippen LogP contribution in [0, 0.1) is 13.8 Å². The number of rotatable bonds is 8. The molecule has 0 saturated carbocycles. The van der Waals surface area contributed by atoms with Crippen LogP contribution in [-0.2, 0) is 18.0 Å². The average molecular weight is 431 g/mol. The van der Waals surface area contributed by atoms with Crippen LogP contribution in [0.4, 0.5) is 5.82 Å². The molecule has 0 spiro atoms. The number of aliphatic hydroxyl groups excluding tert-OH is 1. The van der Waals surface area contributed by atoms with Crippen molar-refractivity contribution in [2.45, 2.75) is 52.7 Å². The summed E-state index contributed by atoms with van der Waals surface area (Å²) in [7, 11) is 0. The molecule has 0 radical (unpaired) electrons. The Kier molecular flexibility index (Phi) is 9.39. The molecule has 0 aliphatic heterocycles. The molecule has 6 nitrogen and oxygen atoms in total. The molecule has 0 fully saturated rings. The molecule has 0 aliphatic rings. The van der Waals surface area contributed by atoms with Crippen molar-refractivity contribution in [3.63, 3.8) is 0 Å². The van der Waals surface area contributed by atoms with Crippen LogP contribution in [0.15, 0.2) is 51.9 Å². The summed E-state index contributed by atoms with van der Waals surface area (Å²) in [5.41, 5.74) is 4.57. The summed E-state index contributed by atoms with van der Waals surface area (Å²) < 4.78 is 11.8. The van der Waals surface area contributed by atoms with Crippen LogP contribution in [-0.4, -0.2) is 22.1 Å². The zero-order valence-electron chi connectivity index (χ0n) is 18.2. The van der Waals surface area contributed by atoms with Crippen molar-refractivity contribution in [3.8, 4) is 11.1 Å². The molecule has 2 N–H and O–H groups in total. The van der Waals surface area contributed by atoms with E-state index in [1.54, 1.807) is 6.92 Å². The third-order valence-corrected chi connectivity index (χ3v) is 5.39. The molecule has 1 aromatic heterocycles. The predicted octanol–water partition coefficient (Wildman–Crippen LogP) is 5.92. The Morgan fingerprint density at radius 1 is 1.10 bits per heavy atom. The van der Waals surface area contributed by atoms with Gasteiger partial charge >= 0.3 is 0 Å². The van der Waals surface area contributed by atoms with Gasteiger partial charge in [0, 0.05) is 29.0 Å². The quantitative estimate of drug-likeness (QED) is 0.339. The Morgan fingerprint density at radius 3 is 2.47 bits per heavy atom. The SMILES string of the molecule is CC.CCOCc1cc(CO)ccc1-c1ccccc1SN(O)c1noc(C)c1C. The van der Waals surface area contributed by atoms with Gasteiger partial charge in [-0.05, 0) is 49.1 Å². The number of hydrogen-bond acceptors (Lipinski definition) is 7. The fourth-order valence-corrected chi connectivity index (χ4v) is 3.69. The van der Waals surface area contributed by atoms with Gasteiger partial charge in [0.15, 0.2) is 0 Å². The van der Waals surface area contributed by atoms with Crippen LogP contribution in [0.5, 0.6) is 0 Å². The van der Waals surface area contributed by atoms with E-state index in [4.69, 9.17) is 9.26 Å². The van der Waals surface area contributed by atoms with Crippen LogP contribution in [0.1, 0.15) is 43.2 Å². The first-order chi connectivity index (χ1) is 14.5. The minimum atomic E-state index is -0.0228. The van der Waals surface area contributed by atoms with E-state index in [1.165, 1.54) is 0 Å².